The fraction of sp³-hybridized carbons (Fsp3) is 0.533. The van der Waals surface area contributed by atoms with Gasteiger partial charge < -0.3 is 20.5 Å². The largest absolute Gasteiger partial charge is 0.490 e. The number of hydrogen-bond acceptors (Lipinski definition) is 4. The molecule has 3 N–H and O–H groups in total. The van der Waals surface area contributed by atoms with Gasteiger partial charge in [-0.25, -0.2) is 0 Å². The smallest absolute Gasteiger partial charge is 0.241 e. The third-order valence-electron chi connectivity index (χ3n) is 2.83. The second-order valence-electron chi connectivity index (χ2n) is 4.79. The van der Waals surface area contributed by atoms with Crippen molar-refractivity contribution < 1.29 is 14.3 Å². The lowest BCUT2D eigenvalue weighted by molar-refractivity contribution is -0.118. The molecule has 20 heavy (non-hydrogen) atoms. The normalized spacial score (nSPS) is 12.1. The SMILES string of the molecule is CCOc1ccc(NC(=O)[C@H](N)C(C)C)cc1OCC. The predicted octanol–water partition coefficient (Wildman–Crippen LogP) is 2.41. The molecule has 1 atom stereocenters. The van der Waals surface area contributed by atoms with Crippen molar-refractivity contribution in [2.24, 2.45) is 11.7 Å². The van der Waals surface area contributed by atoms with Crippen molar-refractivity contribution in [1.82, 2.24) is 0 Å². The van der Waals surface area contributed by atoms with E-state index in [0.717, 1.165) is 0 Å². The fourth-order valence-corrected chi connectivity index (χ4v) is 1.66. The predicted molar refractivity (Wildman–Crippen MR) is 80.2 cm³/mol. The van der Waals surface area contributed by atoms with Crippen LogP contribution in [-0.2, 0) is 4.79 Å². The Morgan fingerprint density at radius 2 is 1.80 bits per heavy atom. The number of anilines is 1. The molecule has 5 heteroatoms. The van der Waals surface area contributed by atoms with Gasteiger partial charge in [-0.2, -0.15) is 0 Å². The Morgan fingerprint density at radius 3 is 2.35 bits per heavy atom. The van der Waals surface area contributed by atoms with Crippen molar-refractivity contribution in [3.63, 3.8) is 0 Å². The molecule has 1 rings (SSSR count). The van der Waals surface area contributed by atoms with Crippen LogP contribution in [0.25, 0.3) is 0 Å². The van der Waals surface area contributed by atoms with Crippen LogP contribution in [-0.4, -0.2) is 25.2 Å². The molecule has 0 spiro atoms. The summed E-state index contributed by atoms with van der Waals surface area (Å²) >= 11 is 0. The van der Waals surface area contributed by atoms with E-state index < -0.39 is 6.04 Å². The first-order valence-electron chi connectivity index (χ1n) is 6.95. The summed E-state index contributed by atoms with van der Waals surface area (Å²) in [5.74, 6) is 1.17. The molecule has 112 valence electrons. The number of nitrogens with one attached hydrogen (secondary N) is 1. The van der Waals surface area contributed by atoms with Gasteiger partial charge in [0.2, 0.25) is 5.91 Å². The van der Waals surface area contributed by atoms with Gasteiger partial charge in [0.05, 0.1) is 19.3 Å². The van der Waals surface area contributed by atoms with Gasteiger partial charge in [0, 0.05) is 11.8 Å². The van der Waals surface area contributed by atoms with Gasteiger partial charge in [0.1, 0.15) is 0 Å². The van der Waals surface area contributed by atoms with Gasteiger partial charge in [0.25, 0.3) is 0 Å². The Labute approximate surface area is 120 Å². The minimum Gasteiger partial charge on any atom is -0.490 e. The number of carbonyl (C=O) groups is 1. The molecule has 1 amide bonds. The van der Waals surface area contributed by atoms with Crippen LogP contribution in [0.15, 0.2) is 18.2 Å². The summed E-state index contributed by atoms with van der Waals surface area (Å²) in [6.45, 7) is 8.72. The number of benzene rings is 1. The van der Waals surface area contributed by atoms with E-state index in [9.17, 15) is 4.79 Å². The molecule has 0 aliphatic rings. The third kappa shape index (κ3) is 4.42. The van der Waals surface area contributed by atoms with E-state index in [2.05, 4.69) is 5.32 Å². The van der Waals surface area contributed by atoms with Gasteiger partial charge >= 0.3 is 0 Å². The molecule has 0 heterocycles. The van der Waals surface area contributed by atoms with E-state index >= 15 is 0 Å². The highest BCUT2D eigenvalue weighted by Crippen LogP contribution is 2.30. The molecule has 1 aromatic rings. The number of hydrogen-bond donors (Lipinski definition) is 2. The molecular formula is C15H24N2O3. The van der Waals surface area contributed by atoms with E-state index in [4.69, 9.17) is 15.2 Å². The zero-order valence-corrected chi connectivity index (χ0v) is 12.6. The molecule has 0 bridgehead atoms. The first-order valence-corrected chi connectivity index (χ1v) is 6.95. The maximum absolute atomic E-state index is 11.9. The Balaban J connectivity index is 2.86. The number of nitrogens with two attached hydrogens (primary N) is 1. The minimum absolute atomic E-state index is 0.0871. The van der Waals surface area contributed by atoms with E-state index in [-0.39, 0.29) is 11.8 Å². The Morgan fingerprint density at radius 1 is 1.20 bits per heavy atom. The van der Waals surface area contributed by atoms with Crippen molar-refractivity contribution >= 4 is 11.6 Å². The Kier molecular flexibility index (Phi) is 6.31. The number of rotatable bonds is 7. The van der Waals surface area contributed by atoms with Crippen LogP contribution in [0.4, 0.5) is 5.69 Å². The fourth-order valence-electron chi connectivity index (χ4n) is 1.66. The van der Waals surface area contributed by atoms with Crippen molar-refractivity contribution in [3.05, 3.63) is 18.2 Å². The Hall–Kier alpha value is -1.75. The zero-order chi connectivity index (χ0) is 15.1. The molecule has 0 fully saturated rings. The molecule has 0 saturated heterocycles. The average Bonchev–Trinajstić information content (AvgIpc) is 2.41. The summed E-state index contributed by atoms with van der Waals surface area (Å²) in [4.78, 5) is 11.9. The van der Waals surface area contributed by atoms with Crippen LogP contribution in [0, 0.1) is 5.92 Å². The highest BCUT2D eigenvalue weighted by atomic mass is 16.5. The van der Waals surface area contributed by atoms with E-state index in [1.54, 1.807) is 18.2 Å². The minimum atomic E-state index is -0.530. The van der Waals surface area contributed by atoms with Crippen molar-refractivity contribution in [2.75, 3.05) is 18.5 Å². The van der Waals surface area contributed by atoms with Crippen LogP contribution in [0.2, 0.25) is 0 Å². The molecule has 0 aromatic heterocycles. The van der Waals surface area contributed by atoms with E-state index in [1.165, 1.54) is 0 Å². The van der Waals surface area contributed by atoms with Crippen LogP contribution in [0.5, 0.6) is 11.5 Å². The standard InChI is InChI=1S/C15H24N2O3/c1-5-19-12-8-7-11(9-13(12)20-6-2)17-15(18)14(16)10(3)4/h7-10,14H,5-6,16H2,1-4H3,(H,17,18)/t14-/m1/s1. The quantitative estimate of drug-likeness (QED) is 0.804. The number of amides is 1. The van der Waals surface area contributed by atoms with Crippen LogP contribution in [0.1, 0.15) is 27.7 Å². The highest BCUT2D eigenvalue weighted by Gasteiger charge is 2.17. The summed E-state index contributed by atoms with van der Waals surface area (Å²) < 4.78 is 11.0. The first kappa shape index (κ1) is 16.3. The maximum Gasteiger partial charge on any atom is 0.241 e. The van der Waals surface area contributed by atoms with Gasteiger partial charge in [0.15, 0.2) is 11.5 Å². The molecule has 5 nitrogen and oxygen atoms in total. The number of ether oxygens (including phenoxy) is 2. The molecular weight excluding hydrogens is 256 g/mol. The topological polar surface area (TPSA) is 73.6 Å². The second-order valence-corrected chi connectivity index (χ2v) is 4.79. The summed E-state index contributed by atoms with van der Waals surface area (Å²) in [5, 5.41) is 2.79. The van der Waals surface area contributed by atoms with Gasteiger partial charge in [-0.1, -0.05) is 13.8 Å². The van der Waals surface area contributed by atoms with Crippen LogP contribution >= 0.6 is 0 Å². The molecule has 0 aliphatic carbocycles. The molecule has 0 saturated carbocycles. The van der Waals surface area contributed by atoms with Gasteiger partial charge in [-0.05, 0) is 31.9 Å². The maximum atomic E-state index is 11.9. The molecule has 0 aliphatic heterocycles. The van der Waals surface area contributed by atoms with Crippen molar-refractivity contribution in [2.45, 2.75) is 33.7 Å². The van der Waals surface area contributed by atoms with E-state index in [1.807, 2.05) is 27.7 Å². The van der Waals surface area contributed by atoms with Crippen molar-refractivity contribution in [3.8, 4) is 11.5 Å². The summed E-state index contributed by atoms with van der Waals surface area (Å²) in [7, 11) is 0. The Bertz CT molecular complexity index is 447. The average molecular weight is 280 g/mol. The summed E-state index contributed by atoms with van der Waals surface area (Å²) in [6.07, 6.45) is 0. The third-order valence-corrected chi connectivity index (χ3v) is 2.83. The molecule has 0 unspecified atom stereocenters. The molecule has 1 aromatic carbocycles. The molecule has 0 radical (unpaired) electrons. The lowest BCUT2D eigenvalue weighted by Gasteiger charge is -2.17. The summed E-state index contributed by atoms with van der Waals surface area (Å²) in [5.41, 5.74) is 6.47. The lowest BCUT2D eigenvalue weighted by atomic mass is 10.0. The van der Waals surface area contributed by atoms with Crippen LogP contribution in [0.3, 0.4) is 0 Å². The highest BCUT2D eigenvalue weighted by molar-refractivity contribution is 5.95. The van der Waals surface area contributed by atoms with E-state index in [0.29, 0.717) is 30.4 Å². The number of carbonyl (C=O) groups excluding carboxylic acids is 1. The monoisotopic (exact) mass is 280 g/mol. The summed E-state index contributed by atoms with van der Waals surface area (Å²) in [6, 6.07) is 4.78. The van der Waals surface area contributed by atoms with Gasteiger partial charge in [-0.15, -0.1) is 0 Å². The van der Waals surface area contributed by atoms with Crippen molar-refractivity contribution in [1.29, 1.82) is 0 Å². The first-order chi connectivity index (χ1) is 9.49. The van der Waals surface area contributed by atoms with Crippen LogP contribution < -0.4 is 20.5 Å². The van der Waals surface area contributed by atoms with Gasteiger partial charge in [-0.3, -0.25) is 4.79 Å². The second kappa shape index (κ2) is 7.75. The lowest BCUT2D eigenvalue weighted by Crippen LogP contribution is -2.39. The zero-order valence-electron chi connectivity index (χ0n) is 12.6.